The Bertz CT molecular complexity index is 1110. The Balaban J connectivity index is 2.00. The first-order valence-corrected chi connectivity index (χ1v) is 9.60. The molecule has 2 aromatic carbocycles. The first-order chi connectivity index (χ1) is 15.9. The molecule has 1 heterocycles. The number of benzene rings is 2. The van der Waals surface area contributed by atoms with Gasteiger partial charge in [0, 0.05) is 36.1 Å². The molecule has 0 bridgehead atoms. The molecule has 0 aliphatic carbocycles. The normalized spacial score (nSPS) is 10.2. The van der Waals surface area contributed by atoms with Gasteiger partial charge >= 0.3 is 6.09 Å². The van der Waals surface area contributed by atoms with Crippen molar-refractivity contribution >= 4 is 29.2 Å². The van der Waals surface area contributed by atoms with Crippen molar-refractivity contribution in [3.8, 4) is 28.7 Å². The number of hydrogen-bond acceptors (Lipinski definition) is 9. The van der Waals surface area contributed by atoms with Gasteiger partial charge in [0.15, 0.2) is 11.5 Å². The summed E-state index contributed by atoms with van der Waals surface area (Å²) in [5.74, 6) is 2.39. The summed E-state index contributed by atoms with van der Waals surface area (Å²) in [5.41, 5.74) is 0.814. The summed E-state index contributed by atoms with van der Waals surface area (Å²) in [6.07, 6.45) is 0.185. The zero-order valence-corrected chi connectivity index (χ0v) is 18.8. The first-order valence-electron chi connectivity index (χ1n) is 9.60. The van der Waals surface area contributed by atoms with Crippen LogP contribution in [0.2, 0.25) is 0 Å². The summed E-state index contributed by atoms with van der Waals surface area (Å²) >= 11 is 0. The molecule has 33 heavy (non-hydrogen) atoms. The Morgan fingerprint density at radius 2 is 1.55 bits per heavy atom. The van der Waals surface area contributed by atoms with Gasteiger partial charge in [-0.1, -0.05) is 0 Å². The van der Waals surface area contributed by atoms with Crippen LogP contribution in [0, 0.1) is 0 Å². The fraction of sp³-hybridized carbons (Fsp3) is 0.227. The van der Waals surface area contributed by atoms with Gasteiger partial charge in [-0.15, -0.1) is 0 Å². The van der Waals surface area contributed by atoms with Crippen LogP contribution in [0.15, 0.2) is 42.6 Å². The van der Waals surface area contributed by atoms with Crippen LogP contribution >= 0.6 is 0 Å². The highest BCUT2D eigenvalue weighted by Gasteiger charge is 2.23. The molecule has 1 amide bonds. The quantitative estimate of drug-likeness (QED) is 0.486. The molecule has 0 saturated heterocycles. The molecule has 2 N–H and O–H groups in total. The topological polar surface area (TPSA) is 125 Å². The first kappa shape index (κ1) is 23.3. The highest BCUT2D eigenvalue weighted by Crippen LogP contribution is 2.41. The second-order valence-corrected chi connectivity index (χ2v) is 6.43. The van der Waals surface area contributed by atoms with E-state index in [1.54, 1.807) is 30.3 Å². The third kappa shape index (κ3) is 4.92. The summed E-state index contributed by atoms with van der Waals surface area (Å²) in [7, 11) is 7.47. The van der Waals surface area contributed by atoms with Gasteiger partial charge in [-0.3, -0.25) is 0 Å². The van der Waals surface area contributed by atoms with E-state index in [4.69, 9.17) is 23.7 Å². The van der Waals surface area contributed by atoms with Crippen molar-refractivity contribution in [2.45, 2.75) is 0 Å². The fourth-order valence-corrected chi connectivity index (χ4v) is 3.11. The summed E-state index contributed by atoms with van der Waals surface area (Å²) in [4.78, 5) is 21.7. The molecule has 0 aliphatic rings. The van der Waals surface area contributed by atoms with Crippen molar-refractivity contribution in [2.24, 2.45) is 0 Å². The molecular formula is C22H24N4O7. The van der Waals surface area contributed by atoms with Crippen molar-refractivity contribution < 1.29 is 33.6 Å². The van der Waals surface area contributed by atoms with Crippen LogP contribution in [-0.4, -0.2) is 56.7 Å². The Hall–Kier alpha value is -4.41. The lowest BCUT2D eigenvalue weighted by Crippen LogP contribution is -2.25. The van der Waals surface area contributed by atoms with Crippen LogP contribution < -0.4 is 33.9 Å². The van der Waals surface area contributed by atoms with Gasteiger partial charge in [0.1, 0.15) is 17.3 Å². The van der Waals surface area contributed by atoms with E-state index in [0.29, 0.717) is 34.4 Å². The summed E-state index contributed by atoms with van der Waals surface area (Å²) in [5, 5.41) is 12.9. The van der Waals surface area contributed by atoms with E-state index < -0.39 is 6.09 Å². The van der Waals surface area contributed by atoms with E-state index in [1.807, 2.05) is 0 Å². The van der Waals surface area contributed by atoms with Crippen molar-refractivity contribution in [2.75, 3.05) is 45.8 Å². The number of anilines is 4. The van der Waals surface area contributed by atoms with Gasteiger partial charge < -0.3 is 34.1 Å². The smallest absolute Gasteiger partial charge is 0.417 e. The van der Waals surface area contributed by atoms with E-state index >= 15 is 0 Å². The van der Waals surface area contributed by atoms with E-state index in [9.17, 15) is 9.90 Å². The number of methoxy groups -OCH3 is 5. The lowest BCUT2D eigenvalue weighted by Gasteiger charge is -2.21. The number of hydrogen-bond donors (Lipinski definition) is 2. The molecular weight excluding hydrogens is 432 g/mol. The van der Waals surface area contributed by atoms with Gasteiger partial charge in [-0.25, -0.2) is 14.7 Å². The zero-order valence-electron chi connectivity index (χ0n) is 18.8. The van der Waals surface area contributed by atoms with Crippen LogP contribution in [0.3, 0.4) is 0 Å². The zero-order chi connectivity index (χ0) is 24.0. The molecule has 0 aliphatic heterocycles. The molecule has 11 heteroatoms. The minimum Gasteiger partial charge on any atom is -0.497 e. The summed E-state index contributed by atoms with van der Waals surface area (Å²) < 4.78 is 26.6. The molecule has 174 valence electrons. The molecule has 0 atom stereocenters. The van der Waals surface area contributed by atoms with Crippen molar-refractivity contribution in [3.05, 3.63) is 42.6 Å². The standard InChI is InChI=1S/C22H24N4O7/c1-29-14-6-7-15(16(12-14)30-2)26(22(27)28)19-8-9-23-21(25-19)24-13-10-17(31-3)20(33-5)18(11-13)32-4/h6-12H,1-5H3,(H,27,28)(H,23,24,25). The van der Waals surface area contributed by atoms with Gasteiger partial charge in [0.25, 0.3) is 0 Å². The Morgan fingerprint density at radius 3 is 2.09 bits per heavy atom. The molecule has 1 aromatic heterocycles. The maximum atomic E-state index is 12.1. The average molecular weight is 456 g/mol. The van der Waals surface area contributed by atoms with Gasteiger partial charge in [-0.05, 0) is 12.1 Å². The summed E-state index contributed by atoms with van der Waals surface area (Å²) in [6, 6.07) is 9.61. The Labute approximate surface area is 190 Å². The maximum Gasteiger partial charge on any atom is 0.417 e. The van der Waals surface area contributed by atoms with Gasteiger partial charge in [-0.2, -0.15) is 4.98 Å². The highest BCUT2D eigenvalue weighted by atomic mass is 16.5. The van der Waals surface area contributed by atoms with Crippen molar-refractivity contribution in [1.82, 2.24) is 9.97 Å². The van der Waals surface area contributed by atoms with Crippen LogP contribution in [0.5, 0.6) is 28.7 Å². The fourth-order valence-electron chi connectivity index (χ4n) is 3.11. The van der Waals surface area contributed by atoms with Crippen LogP contribution in [0.4, 0.5) is 27.9 Å². The Kier molecular flexibility index (Phi) is 7.24. The number of ether oxygens (including phenoxy) is 5. The molecule has 0 fully saturated rings. The lowest BCUT2D eigenvalue weighted by molar-refractivity contribution is 0.204. The Morgan fingerprint density at radius 1 is 0.879 bits per heavy atom. The summed E-state index contributed by atoms with van der Waals surface area (Å²) in [6.45, 7) is 0. The molecule has 3 aromatic rings. The number of nitrogens with one attached hydrogen (secondary N) is 1. The molecule has 0 saturated carbocycles. The number of carboxylic acid groups (broad SMARTS) is 1. The minimum absolute atomic E-state index is 0.107. The SMILES string of the molecule is COc1ccc(N(C(=O)O)c2ccnc(Nc3cc(OC)c(OC)c(OC)c3)n2)c(OC)c1. The van der Waals surface area contributed by atoms with Crippen LogP contribution in [0.25, 0.3) is 0 Å². The number of carbonyl (C=O) groups is 1. The third-order valence-electron chi connectivity index (χ3n) is 4.61. The highest BCUT2D eigenvalue weighted by molar-refractivity contribution is 5.95. The average Bonchev–Trinajstić information content (AvgIpc) is 2.83. The number of rotatable bonds is 9. The molecule has 3 rings (SSSR count). The van der Waals surface area contributed by atoms with Crippen LogP contribution in [-0.2, 0) is 0 Å². The van der Waals surface area contributed by atoms with Gasteiger partial charge in [0.2, 0.25) is 11.7 Å². The largest absolute Gasteiger partial charge is 0.497 e. The number of amides is 1. The second-order valence-electron chi connectivity index (χ2n) is 6.43. The van der Waals surface area contributed by atoms with Crippen molar-refractivity contribution in [3.63, 3.8) is 0 Å². The van der Waals surface area contributed by atoms with E-state index in [-0.39, 0.29) is 17.5 Å². The molecule has 0 spiro atoms. The molecule has 0 radical (unpaired) electrons. The molecule has 0 unspecified atom stereocenters. The van der Waals surface area contributed by atoms with E-state index in [2.05, 4.69) is 15.3 Å². The number of aromatic nitrogens is 2. The molecule has 11 nitrogen and oxygen atoms in total. The second kappa shape index (κ2) is 10.3. The minimum atomic E-state index is -1.25. The van der Waals surface area contributed by atoms with Gasteiger partial charge in [0.05, 0.1) is 41.2 Å². The predicted octanol–water partition coefficient (Wildman–Crippen LogP) is 4.08. The number of nitrogens with zero attached hydrogens (tertiary/aromatic N) is 3. The predicted molar refractivity (Wildman–Crippen MR) is 121 cm³/mol. The maximum absolute atomic E-state index is 12.1. The van der Waals surface area contributed by atoms with Crippen LogP contribution in [0.1, 0.15) is 0 Å². The lowest BCUT2D eigenvalue weighted by atomic mass is 10.2. The third-order valence-corrected chi connectivity index (χ3v) is 4.61. The van der Waals surface area contributed by atoms with E-state index in [1.165, 1.54) is 47.8 Å². The van der Waals surface area contributed by atoms with Crippen molar-refractivity contribution in [1.29, 1.82) is 0 Å². The van der Waals surface area contributed by atoms with E-state index in [0.717, 1.165) is 4.90 Å². The monoisotopic (exact) mass is 456 g/mol.